The number of hydrogen-bond acceptors (Lipinski definition) is 3. The summed E-state index contributed by atoms with van der Waals surface area (Å²) in [5, 5.41) is 4.74. The molecule has 1 aliphatic rings. The van der Waals surface area contributed by atoms with Crippen LogP contribution < -0.4 is 5.32 Å². The molecule has 1 N–H and O–H groups in total. The monoisotopic (exact) mass is 291 g/mol. The minimum absolute atomic E-state index is 0.135. The highest BCUT2D eigenvalue weighted by Crippen LogP contribution is 2.34. The highest BCUT2D eigenvalue weighted by atomic mass is 32.1. The number of likely N-dealkylation sites (tertiary alicyclic amines) is 1. The molecular formula is C14H14FN3OS. The van der Waals surface area contributed by atoms with Crippen LogP contribution >= 0.6 is 11.3 Å². The molecule has 104 valence electrons. The normalized spacial score (nSPS) is 18.2. The molecule has 0 aliphatic carbocycles. The average molecular weight is 291 g/mol. The number of carbonyl (C=O) groups excluding carboxylic acids is 1. The first-order chi connectivity index (χ1) is 9.74. The number of nitrogens with one attached hydrogen (secondary N) is 1. The Kier molecular flexibility index (Phi) is 3.64. The maximum Gasteiger partial charge on any atom is 0.323 e. The van der Waals surface area contributed by atoms with Crippen molar-refractivity contribution in [1.29, 1.82) is 0 Å². The summed E-state index contributed by atoms with van der Waals surface area (Å²) >= 11 is 1.66. The minimum Gasteiger partial charge on any atom is -0.317 e. The molecule has 0 bridgehead atoms. The number of pyridine rings is 1. The molecule has 1 atom stereocenters. The molecule has 0 radical (unpaired) electrons. The van der Waals surface area contributed by atoms with Gasteiger partial charge in [-0.1, -0.05) is 6.07 Å². The van der Waals surface area contributed by atoms with E-state index in [2.05, 4.69) is 16.4 Å². The maximum absolute atomic E-state index is 12.8. The molecule has 20 heavy (non-hydrogen) atoms. The van der Waals surface area contributed by atoms with Crippen molar-refractivity contribution in [1.82, 2.24) is 9.88 Å². The summed E-state index contributed by atoms with van der Waals surface area (Å²) in [5.41, 5.74) is 0. The zero-order valence-electron chi connectivity index (χ0n) is 10.8. The van der Waals surface area contributed by atoms with Crippen molar-refractivity contribution in [2.45, 2.75) is 18.9 Å². The Labute approximate surface area is 120 Å². The standard InChI is InChI=1S/C14H14FN3OS/c15-10-5-6-13(16-9-10)17-14(19)18-7-1-3-11(18)12-4-2-8-20-12/h2,4-6,8-9,11H,1,3,7H2,(H,16,17,19). The lowest BCUT2D eigenvalue weighted by atomic mass is 10.2. The van der Waals surface area contributed by atoms with Crippen LogP contribution in [0, 0.1) is 5.82 Å². The van der Waals surface area contributed by atoms with E-state index >= 15 is 0 Å². The van der Waals surface area contributed by atoms with Crippen molar-refractivity contribution >= 4 is 23.2 Å². The quantitative estimate of drug-likeness (QED) is 0.918. The van der Waals surface area contributed by atoms with Crippen LogP contribution in [0.1, 0.15) is 23.8 Å². The van der Waals surface area contributed by atoms with Crippen LogP contribution in [-0.2, 0) is 0 Å². The first-order valence-corrected chi connectivity index (χ1v) is 7.34. The van der Waals surface area contributed by atoms with Crippen molar-refractivity contribution in [2.75, 3.05) is 11.9 Å². The van der Waals surface area contributed by atoms with E-state index in [0.29, 0.717) is 5.82 Å². The number of carbonyl (C=O) groups is 1. The number of anilines is 1. The number of aromatic nitrogens is 1. The molecular weight excluding hydrogens is 277 g/mol. The summed E-state index contributed by atoms with van der Waals surface area (Å²) in [7, 11) is 0. The largest absolute Gasteiger partial charge is 0.323 e. The van der Waals surface area contributed by atoms with Crippen molar-refractivity contribution in [3.8, 4) is 0 Å². The first kappa shape index (κ1) is 13.1. The van der Waals surface area contributed by atoms with Crippen LogP contribution in [0.2, 0.25) is 0 Å². The van der Waals surface area contributed by atoms with Crippen LogP contribution in [0.4, 0.5) is 15.0 Å². The minimum atomic E-state index is -0.416. The van der Waals surface area contributed by atoms with Gasteiger partial charge < -0.3 is 4.90 Å². The van der Waals surface area contributed by atoms with E-state index in [1.54, 1.807) is 11.3 Å². The lowest BCUT2D eigenvalue weighted by molar-refractivity contribution is 0.207. The van der Waals surface area contributed by atoms with Crippen LogP contribution in [0.25, 0.3) is 0 Å². The second-order valence-electron chi connectivity index (χ2n) is 4.66. The van der Waals surface area contributed by atoms with Gasteiger partial charge in [0.1, 0.15) is 11.6 Å². The highest BCUT2D eigenvalue weighted by molar-refractivity contribution is 7.10. The molecule has 3 heterocycles. The number of halogens is 1. The van der Waals surface area contributed by atoms with E-state index in [9.17, 15) is 9.18 Å². The van der Waals surface area contributed by atoms with Crippen LogP contribution in [0.5, 0.6) is 0 Å². The third-order valence-corrected chi connectivity index (χ3v) is 4.32. The number of thiophene rings is 1. The summed E-state index contributed by atoms with van der Waals surface area (Å²) in [6.45, 7) is 0.732. The average Bonchev–Trinajstić information content (AvgIpc) is 3.11. The molecule has 1 fully saturated rings. The smallest absolute Gasteiger partial charge is 0.317 e. The van der Waals surface area contributed by atoms with Gasteiger partial charge in [0.2, 0.25) is 0 Å². The second-order valence-corrected chi connectivity index (χ2v) is 5.64. The Balaban J connectivity index is 1.71. The summed E-state index contributed by atoms with van der Waals surface area (Å²) in [5.74, 6) is -0.0473. The molecule has 2 aromatic heterocycles. The van der Waals surface area contributed by atoms with Gasteiger partial charge in [-0.25, -0.2) is 14.2 Å². The van der Waals surface area contributed by atoms with Crippen molar-refractivity contribution in [2.24, 2.45) is 0 Å². The van der Waals surface area contributed by atoms with Gasteiger partial charge >= 0.3 is 6.03 Å². The van der Waals surface area contributed by atoms with Gasteiger partial charge in [0, 0.05) is 11.4 Å². The number of urea groups is 1. The zero-order valence-corrected chi connectivity index (χ0v) is 11.6. The third-order valence-electron chi connectivity index (χ3n) is 3.35. The fourth-order valence-electron chi connectivity index (χ4n) is 2.42. The Morgan fingerprint density at radius 3 is 3.05 bits per heavy atom. The Morgan fingerprint density at radius 1 is 1.45 bits per heavy atom. The van der Waals surface area contributed by atoms with Gasteiger partial charge in [-0.3, -0.25) is 5.32 Å². The molecule has 6 heteroatoms. The van der Waals surface area contributed by atoms with Gasteiger partial charge in [-0.2, -0.15) is 0 Å². The third kappa shape index (κ3) is 2.65. The van der Waals surface area contributed by atoms with Gasteiger partial charge in [0.05, 0.1) is 12.2 Å². The van der Waals surface area contributed by atoms with Gasteiger partial charge in [-0.05, 0) is 36.4 Å². The fourth-order valence-corrected chi connectivity index (χ4v) is 3.29. The lowest BCUT2D eigenvalue weighted by Gasteiger charge is -2.23. The molecule has 2 aromatic rings. The van der Waals surface area contributed by atoms with E-state index in [0.717, 1.165) is 25.6 Å². The molecule has 0 aromatic carbocycles. The molecule has 3 rings (SSSR count). The van der Waals surface area contributed by atoms with Crippen LogP contribution in [0.3, 0.4) is 0 Å². The molecule has 4 nitrogen and oxygen atoms in total. The SMILES string of the molecule is O=C(Nc1ccc(F)cn1)N1CCCC1c1cccs1. The van der Waals surface area contributed by atoms with Crippen LogP contribution in [-0.4, -0.2) is 22.5 Å². The summed E-state index contributed by atoms with van der Waals surface area (Å²) < 4.78 is 12.8. The van der Waals surface area contributed by atoms with Crippen molar-refractivity contribution in [3.63, 3.8) is 0 Å². The van der Waals surface area contributed by atoms with Gasteiger partial charge in [0.25, 0.3) is 0 Å². The van der Waals surface area contributed by atoms with Crippen molar-refractivity contribution in [3.05, 3.63) is 46.5 Å². The topological polar surface area (TPSA) is 45.2 Å². The van der Waals surface area contributed by atoms with E-state index in [4.69, 9.17) is 0 Å². The van der Waals surface area contributed by atoms with Crippen molar-refractivity contribution < 1.29 is 9.18 Å². The van der Waals surface area contributed by atoms with E-state index in [1.807, 2.05) is 16.3 Å². The number of nitrogens with zero attached hydrogens (tertiary/aromatic N) is 2. The molecule has 1 saturated heterocycles. The fraction of sp³-hybridized carbons (Fsp3) is 0.286. The Hall–Kier alpha value is -1.95. The predicted octanol–water partition coefficient (Wildman–Crippen LogP) is 3.65. The van der Waals surface area contributed by atoms with Gasteiger partial charge in [0.15, 0.2) is 0 Å². The Morgan fingerprint density at radius 2 is 2.35 bits per heavy atom. The number of rotatable bonds is 2. The highest BCUT2D eigenvalue weighted by Gasteiger charge is 2.30. The first-order valence-electron chi connectivity index (χ1n) is 6.46. The maximum atomic E-state index is 12.8. The summed E-state index contributed by atoms with van der Waals surface area (Å²) in [6, 6.07) is 6.75. The lowest BCUT2D eigenvalue weighted by Crippen LogP contribution is -2.34. The van der Waals surface area contributed by atoms with Gasteiger partial charge in [-0.15, -0.1) is 11.3 Å². The Bertz CT molecular complexity index is 585. The van der Waals surface area contributed by atoms with Crippen LogP contribution in [0.15, 0.2) is 35.8 Å². The molecule has 1 unspecified atom stereocenters. The summed E-state index contributed by atoms with van der Waals surface area (Å²) in [4.78, 5) is 19.2. The second kappa shape index (κ2) is 5.58. The summed E-state index contributed by atoms with van der Waals surface area (Å²) in [6.07, 6.45) is 3.06. The zero-order chi connectivity index (χ0) is 13.9. The molecule has 1 aliphatic heterocycles. The predicted molar refractivity (Wildman–Crippen MR) is 76.2 cm³/mol. The number of amides is 2. The van der Waals surface area contributed by atoms with E-state index < -0.39 is 5.82 Å². The van der Waals surface area contributed by atoms with E-state index in [1.165, 1.54) is 17.0 Å². The molecule has 0 spiro atoms. The molecule has 0 saturated carbocycles. The number of hydrogen-bond donors (Lipinski definition) is 1. The molecule has 2 amide bonds. The van der Waals surface area contributed by atoms with E-state index in [-0.39, 0.29) is 12.1 Å².